The van der Waals surface area contributed by atoms with Gasteiger partial charge >= 0.3 is 5.97 Å². The fourth-order valence-corrected chi connectivity index (χ4v) is 2.32. The molecule has 0 amide bonds. The van der Waals surface area contributed by atoms with Crippen molar-refractivity contribution in [3.63, 3.8) is 0 Å². The van der Waals surface area contributed by atoms with Crippen LogP contribution in [0.1, 0.15) is 17.3 Å². The highest BCUT2D eigenvalue weighted by atomic mass is 79.9. The van der Waals surface area contributed by atoms with E-state index in [2.05, 4.69) is 41.4 Å². The third-order valence-electron chi connectivity index (χ3n) is 2.93. The molecule has 0 saturated heterocycles. The number of halogens is 1. The summed E-state index contributed by atoms with van der Waals surface area (Å²) in [4.78, 5) is 19.7. The zero-order chi connectivity index (χ0) is 15.5. The van der Waals surface area contributed by atoms with Crippen molar-refractivity contribution in [3.8, 4) is 0 Å². The van der Waals surface area contributed by atoms with Gasteiger partial charge in [0.25, 0.3) is 0 Å². The van der Waals surface area contributed by atoms with Gasteiger partial charge in [-0.3, -0.25) is 5.10 Å². The summed E-state index contributed by atoms with van der Waals surface area (Å²) in [6, 6.07) is 5.70. The number of ether oxygens (including phenoxy) is 1. The average molecular weight is 362 g/mol. The van der Waals surface area contributed by atoms with Gasteiger partial charge in [-0.1, -0.05) is 0 Å². The molecule has 2 aromatic heterocycles. The maximum atomic E-state index is 11.5. The number of aromatic amines is 1. The zero-order valence-electron chi connectivity index (χ0n) is 11.6. The normalized spacial score (nSPS) is 10.6. The number of H-pyrrole nitrogens is 1. The number of hydrogen-bond acceptors (Lipinski definition) is 6. The fraction of sp³-hybridized carbons (Fsp3) is 0.143. The predicted octanol–water partition coefficient (Wildman–Crippen LogP) is 3.04. The molecule has 0 aliphatic heterocycles. The number of aromatic nitrogens is 4. The first-order valence-electron chi connectivity index (χ1n) is 6.57. The van der Waals surface area contributed by atoms with Crippen molar-refractivity contribution in [1.29, 1.82) is 0 Å². The largest absolute Gasteiger partial charge is 0.462 e. The molecule has 1 aromatic carbocycles. The molecule has 3 rings (SSSR count). The van der Waals surface area contributed by atoms with Crippen LogP contribution in [-0.4, -0.2) is 32.7 Å². The van der Waals surface area contributed by atoms with Gasteiger partial charge in [-0.25, -0.2) is 14.8 Å². The number of esters is 1. The second-order valence-electron chi connectivity index (χ2n) is 4.41. The maximum absolute atomic E-state index is 11.5. The van der Waals surface area contributed by atoms with Gasteiger partial charge in [0.05, 0.1) is 17.7 Å². The first-order chi connectivity index (χ1) is 10.7. The molecule has 0 aliphatic rings. The fourth-order valence-electron chi connectivity index (χ4n) is 1.90. The molecule has 0 fully saturated rings. The third-order valence-corrected chi connectivity index (χ3v) is 3.53. The van der Waals surface area contributed by atoms with Gasteiger partial charge in [0, 0.05) is 23.5 Å². The van der Waals surface area contributed by atoms with Crippen molar-refractivity contribution in [1.82, 2.24) is 20.2 Å². The minimum Gasteiger partial charge on any atom is -0.462 e. The second kappa shape index (κ2) is 6.10. The Morgan fingerprint density at radius 1 is 1.36 bits per heavy atom. The molecule has 3 aromatic rings. The molecule has 0 radical (unpaired) electrons. The number of hydrogen-bond donors (Lipinski definition) is 2. The van der Waals surface area contributed by atoms with E-state index in [9.17, 15) is 4.79 Å². The van der Waals surface area contributed by atoms with Crippen LogP contribution in [0.2, 0.25) is 0 Å². The van der Waals surface area contributed by atoms with Crippen LogP contribution in [0, 0.1) is 0 Å². The number of benzene rings is 1. The van der Waals surface area contributed by atoms with Gasteiger partial charge in [0.15, 0.2) is 0 Å². The van der Waals surface area contributed by atoms with E-state index in [1.54, 1.807) is 6.92 Å². The van der Waals surface area contributed by atoms with Crippen LogP contribution in [0.3, 0.4) is 0 Å². The lowest BCUT2D eigenvalue weighted by atomic mass is 10.2. The van der Waals surface area contributed by atoms with Gasteiger partial charge < -0.3 is 10.1 Å². The zero-order valence-corrected chi connectivity index (χ0v) is 13.2. The molecule has 0 bridgehead atoms. The van der Waals surface area contributed by atoms with Crippen LogP contribution in [0.5, 0.6) is 0 Å². The summed E-state index contributed by atoms with van der Waals surface area (Å²) < 4.78 is 5.72. The number of anilines is 2. The van der Waals surface area contributed by atoms with Gasteiger partial charge in [-0.05, 0) is 41.1 Å². The van der Waals surface area contributed by atoms with E-state index < -0.39 is 5.97 Å². The summed E-state index contributed by atoms with van der Waals surface area (Å²) in [5, 5.41) is 11.1. The Morgan fingerprint density at radius 3 is 2.86 bits per heavy atom. The summed E-state index contributed by atoms with van der Waals surface area (Å²) in [6.45, 7) is 2.07. The quantitative estimate of drug-likeness (QED) is 0.693. The number of carbonyl (C=O) groups is 1. The third kappa shape index (κ3) is 2.91. The molecule has 112 valence electrons. The Morgan fingerprint density at radius 2 is 2.14 bits per heavy atom. The van der Waals surface area contributed by atoms with Crippen molar-refractivity contribution >= 4 is 44.4 Å². The van der Waals surface area contributed by atoms with Crippen LogP contribution in [0.15, 0.2) is 35.2 Å². The lowest BCUT2D eigenvalue weighted by Crippen LogP contribution is -2.06. The predicted molar refractivity (Wildman–Crippen MR) is 85.1 cm³/mol. The van der Waals surface area contributed by atoms with E-state index in [0.717, 1.165) is 21.2 Å². The minimum atomic E-state index is -0.433. The Bertz CT molecular complexity index is 816. The standard InChI is InChI=1S/C14H12BrN5O2/c1-2-22-13(21)8-6-16-14(17-7-8)18-9-3-4-10-11(5-9)19-20-12(10)15/h3-7H,2H2,1H3,(H,19,20)(H,16,17,18). The van der Waals surface area contributed by atoms with E-state index in [4.69, 9.17) is 4.74 Å². The Hall–Kier alpha value is -2.48. The summed E-state index contributed by atoms with van der Waals surface area (Å²) in [5.41, 5.74) is 1.94. The molecular weight excluding hydrogens is 350 g/mol. The highest BCUT2D eigenvalue weighted by Crippen LogP contribution is 2.24. The van der Waals surface area contributed by atoms with Gasteiger partial charge in [-0.2, -0.15) is 5.10 Å². The number of nitrogens with zero attached hydrogens (tertiary/aromatic N) is 3. The molecule has 8 heteroatoms. The summed E-state index contributed by atoms with van der Waals surface area (Å²) >= 11 is 3.39. The topological polar surface area (TPSA) is 92.8 Å². The van der Waals surface area contributed by atoms with Crippen molar-refractivity contribution in [2.24, 2.45) is 0 Å². The molecule has 2 heterocycles. The van der Waals surface area contributed by atoms with Gasteiger partial charge in [-0.15, -0.1) is 0 Å². The smallest absolute Gasteiger partial charge is 0.341 e. The van der Waals surface area contributed by atoms with Crippen LogP contribution in [0.25, 0.3) is 10.9 Å². The first-order valence-corrected chi connectivity index (χ1v) is 7.36. The molecule has 2 N–H and O–H groups in total. The van der Waals surface area contributed by atoms with Crippen molar-refractivity contribution in [2.45, 2.75) is 6.92 Å². The summed E-state index contributed by atoms with van der Waals surface area (Å²) in [5.74, 6) is -0.0427. The molecule has 7 nitrogen and oxygen atoms in total. The Kier molecular flexibility index (Phi) is 4.01. The first kappa shape index (κ1) is 14.5. The number of fused-ring (bicyclic) bond motifs is 1. The van der Waals surface area contributed by atoms with Crippen LogP contribution >= 0.6 is 15.9 Å². The molecule has 22 heavy (non-hydrogen) atoms. The monoisotopic (exact) mass is 361 g/mol. The van der Waals surface area contributed by atoms with Gasteiger partial charge in [0.1, 0.15) is 4.60 Å². The lowest BCUT2D eigenvalue weighted by Gasteiger charge is -2.05. The Balaban J connectivity index is 1.78. The molecular formula is C14H12BrN5O2. The Labute approximate surface area is 134 Å². The van der Waals surface area contributed by atoms with E-state index in [0.29, 0.717) is 18.1 Å². The highest BCUT2D eigenvalue weighted by Gasteiger charge is 2.08. The van der Waals surface area contributed by atoms with E-state index in [1.807, 2.05) is 18.2 Å². The highest BCUT2D eigenvalue weighted by molar-refractivity contribution is 9.10. The molecule has 0 spiro atoms. The van der Waals surface area contributed by atoms with Crippen LogP contribution in [-0.2, 0) is 4.74 Å². The van der Waals surface area contributed by atoms with E-state index in [1.165, 1.54) is 12.4 Å². The number of nitrogens with one attached hydrogen (secondary N) is 2. The average Bonchev–Trinajstić information content (AvgIpc) is 2.89. The number of rotatable bonds is 4. The SMILES string of the molecule is CCOC(=O)c1cnc(Nc2ccc3c(Br)[nH]nc3c2)nc1. The van der Waals surface area contributed by atoms with Crippen molar-refractivity contribution in [3.05, 3.63) is 40.8 Å². The second-order valence-corrected chi connectivity index (χ2v) is 5.20. The van der Waals surface area contributed by atoms with E-state index >= 15 is 0 Å². The summed E-state index contributed by atoms with van der Waals surface area (Å²) in [7, 11) is 0. The molecule has 0 saturated carbocycles. The maximum Gasteiger partial charge on any atom is 0.341 e. The minimum absolute atomic E-state index is 0.318. The lowest BCUT2D eigenvalue weighted by molar-refractivity contribution is 0.0525. The molecule has 0 atom stereocenters. The van der Waals surface area contributed by atoms with Crippen molar-refractivity contribution in [2.75, 3.05) is 11.9 Å². The van der Waals surface area contributed by atoms with Gasteiger partial charge in [0.2, 0.25) is 5.95 Å². The van der Waals surface area contributed by atoms with Crippen LogP contribution in [0.4, 0.5) is 11.6 Å². The van der Waals surface area contributed by atoms with E-state index in [-0.39, 0.29) is 0 Å². The summed E-state index contributed by atoms with van der Waals surface area (Å²) in [6.07, 6.45) is 2.86. The molecule has 0 unspecified atom stereocenters. The van der Waals surface area contributed by atoms with Crippen LogP contribution < -0.4 is 5.32 Å². The number of carbonyl (C=O) groups excluding carboxylic acids is 1. The molecule has 0 aliphatic carbocycles. The van der Waals surface area contributed by atoms with Crippen molar-refractivity contribution < 1.29 is 9.53 Å².